The molecule has 106 valence electrons. The van der Waals surface area contributed by atoms with Crippen molar-refractivity contribution in [1.82, 2.24) is 4.98 Å². The van der Waals surface area contributed by atoms with Crippen molar-refractivity contribution in [2.24, 2.45) is 0 Å². The van der Waals surface area contributed by atoms with Gasteiger partial charge in [0.25, 0.3) is 0 Å². The number of nitrogens with zero attached hydrogens (tertiary/aromatic N) is 1. The minimum Gasteiger partial charge on any atom is -0.497 e. The number of pyridine rings is 1. The van der Waals surface area contributed by atoms with Crippen molar-refractivity contribution in [3.63, 3.8) is 0 Å². The molecule has 1 aromatic carbocycles. The summed E-state index contributed by atoms with van der Waals surface area (Å²) >= 11 is 3.43. The second kappa shape index (κ2) is 6.24. The summed E-state index contributed by atoms with van der Waals surface area (Å²) in [5.74, 6) is 1.79. The number of aliphatic hydroxyl groups is 1. The topological polar surface area (TPSA) is 51.6 Å². The highest BCUT2D eigenvalue weighted by atomic mass is 79.9. The van der Waals surface area contributed by atoms with Crippen molar-refractivity contribution >= 4 is 15.9 Å². The van der Waals surface area contributed by atoms with Crippen LogP contribution < -0.4 is 9.47 Å². The van der Waals surface area contributed by atoms with Crippen LogP contribution in [0.1, 0.15) is 16.8 Å². The predicted octanol–water partition coefficient (Wildman–Crippen LogP) is 3.75. The first-order valence-electron chi connectivity index (χ1n) is 6.14. The van der Waals surface area contributed by atoms with Gasteiger partial charge in [-0.1, -0.05) is 0 Å². The van der Waals surface area contributed by atoms with Gasteiger partial charge in [-0.25, -0.2) is 4.98 Å². The molecule has 0 saturated carbocycles. The Labute approximate surface area is 126 Å². The van der Waals surface area contributed by atoms with E-state index in [0.29, 0.717) is 17.2 Å². The average molecular weight is 338 g/mol. The van der Waals surface area contributed by atoms with Crippen LogP contribution in [0.4, 0.5) is 0 Å². The minimum absolute atomic E-state index is 0.109. The van der Waals surface area contributed by atoms with Crippen LogP contribution in [0, 0.1) is 13.8 Å². The van der Waals surface area contributed by atoms with Crippen LogP contribution in [-0.4, -0.2) is 17.2 Å². The Kier molecular flexibility index (Phi) is 4.62. The molecule has 0 fully saturated rings. The third-order valence-electron chi connectivity index (χ3n) is 2.94. The minimum atomic E-state index is -0.109. The molecule has 20 heavy (non-hydrogen) atoms. The fraction of sp³-hybridized carbons (Fsp3) is 0.267. The van der Waals surface area contributed by atoms with Gasteiger partial charge in [-0.15, -0.1) is 0 Å². The monoisotopic (exact) mass is 337 g/mol. The molecule has 0 aliphatic rings. The first-order valence-corrected chi connectivity index (χ1v) is 6.93. The zero-order chi connectivity index (χ0) is 14.7. The van der Waals surface area contributed by atoms with E-state index in [2.05, 4.69) is 20.9 Å². The maximum Gasteiger partial charge on any atom is 0.225 e. The molecule has 0 aliphatic carbocycles. The number of aliphatic hydroxyl groups excluding tert-OH is 1. The second-order valence-corrected chi connectivity index (χ2v) is 5.28. The van der Waals surface area contributed by atoms with E-state index in [1.807, 2.05) is 26.0 Å². The SMILES string of the molecule is COc1ccc(Oc2nc(C)cc(C)c2CO)c(Br)c1. The first kappa shape index (κ1) is 14.8. The molecule has 4 nitrogen and oxygen atoms in total. The summed E-state index contributed by atoms with van der Waals surface area (Å²) in [5.41, 5.74) is 2.50. The first-order chi connectivity index (χ1) is 9.55. The summed E-state index contributed by atoms with van der Waals surface area (Å²) < 4.78 is 11.7. The molecular weight excluding hydrogens is 322 g/mol. The summed E-state index contributed by atoms with van der Waals surface area (Å²) in [6.07, 6.45) is 0. The van der Waals surface area contributed by atoms with Crippen molar-refractivity contribution < 1.29 is 14.6 Å². The molecule has 5 heteroatoms. The number of ether oxygens (including phenoxy) is 2. The van der Waals surface area contributed by atoms with Gasteiger partial charge >= 0.3 is 0 Å². The normalized spacial score (nSPS) is 10.4. The van der Waals surface area contributed by atoms with Gasteiger partial charge in [-0.3, -0.25) is 0 Å². The summed E-state index contributed by atoms with van der Waals surface area (Å²) in [6.45, 7) is 3.71. The van der Waals surface area contributed by atoms with Crippen LogP contribution in [0.15, 0.2) is 28.7 Å². The molecule has 1 aromatic heterocycles. The molecule has 1 N–H and O–H groups in total. The highest BCUT2D eigenvalue weighted by Gasteiger charge is 2.12. The molecule has 0 saturated heterocycles. The standard InChI is InChI=1S/C15H16BrNO3/c1-9-6-10(2)17-15(12(9)8-18)20-14-5-4-11(19-3)7-13(14)16/h4-7,18H,8H2,1-3H3. The lowest BCUT2D eigenvalue weighted by Gasteiger charge is -2.13. The highest BCUT2D eigenvalue weighted by molar-refractivity contribution is 9.10. The molecule has 0 atom stereocenters. The fourth-order valence-corrected chi connectivity index (χ4v) is 2.34. The van der Waals surface area contributed by atoms with Gasteiger partial charge in [0.2, 0.25) is 5.88 Å². The van der Waals surface area contributed by atoms with Crippen LogP contribution in [0.2, 0.25) is 0 Å². The zero-order valence-corrected chi connectivity index (χ0v) is 13.2. The fourth-order valence-electron chi connectivity index (χ4n) is 1.90. The van der Waals surface area contributed by atoms with Gasteiger partial charge in [0.15, 0.2) is 0 Å². The van der Waals surface area contributed by atoms with Crippen molar-refractivity contribution in [2.75, 3.05) is 7.11 Å². The van der Waals surface area contributed by atoms with Crippen molar-refractivity contribution in [3.05, 3.63) is 45.6 Å². The molecule has 2 aromatic rings. The Morgan fingerprint density at radius 2 is 2.00 bits per heavy atom. The maximum atomic E-state index is 9.47. The molecular formula is C15H16BrNO3. The van der Waals surface area contributed by atoms with E-state index in [1.54, 1.807) is 19.2 Å². The lowest BCUT2D eigenvalue weighted by atomic mass is 10.1. The van der Waals surface area contributed by atoms with Crippen molar-refractivity contribution in [3.8, 4) is 17.4 Å². The van der Waals surface area contributed by atoms with E-state index in [1.165, 1.54) is 0 Å². The van der Waals surface area contributed by atoms with Crippen molar-refractivity contribution in [1.29, 1.82) is 0 Å². The van der Waals surface area contributed by atoms with Gasteiger partial charge in [-0.2, -0.15) is 0 Å². The second-order valence-electron chi connectivity index (χ2n) is 4.42. The summed E-state index contributed by atoms with van der Waals surface area (Å²) in [5, 5.41) is 9.47. The molecule has 0 bridgehead atoms. The van der Waals surface area contributed by atoms with Crippen LogP contribution in [0.5, 0.6) is 17.4 Å². The molecule has 0 amide bonds. The Morgan fingerprint density at radius 1 is 1.25 bits per heavy atom. The summed E-state index contributed by atoms with van der Waals surface area (Å²) in [7, 11) is 1.61. The molecule has 0 radical (unpaired) electrons. The van der Waals surface area contributed by atoms with Crippen LogP contribution in [0.25, 0.3) is 0 Å². The number of aromatic nitrogens is 1. The Morgan fingerprint density at radius 3 is 2.60 bits per heavy atom. The average Bonchev–Trinajstić information content (AvgIpc) is 2.40. The molecule has 0 spiro atoms. The van der Waals surface area contributed by atoms with E-state index in [0.717, 1.165) is 21.5 Å². The van der Waals surface area contributed by atoms with Gasteiger partial charge in [0.1, 0.15) is 11.5 Å². The van der Waals surface area contributed by atoms with E-state index < -0.39 is 0 Å². The smallest absolute Gasteiger partial charge is 0.225 e. The molecule has 0 unspecified atom stereocenters. The number of hydrogen-bond acceptors (Lipinski definition) is 4. The number of rotatable bonds is 4. The Balaban J connectivity index is 2.39. The van der Waals surface area contributed by atoms with Gasteiger partial charge < -0.3 is 14.6 Å². The number of hydrogen-bond donors (Lipinski definition) is 1. The van der Waals surface area contributed by atoms with Gasteiger partial charge in [0.05, 0.1) is 18.2 Å². The summed E-state index contributed by atoms with van der Waals surface area (Å²) in [4.78, 5) is 4.35. The Hall–Kier alpha value is -1.59. The largest absolute Gasteiger partial charge is 0.497 e. The molecule has 1 heterocycles. The number of methoxy groups -OCH3 is 1. The quantitative estimate of drug-likeness (QED) is 0.922. The zero-order valence-electron chi connectivity index (χ0n) is 11.6. The van der Waals surface area contributed by atoms with Crippen LogP contribution in [0.3, 0.4) is 0 Å². The van der Waals surface area contributed by atoms with E-state index in [4.69, 9.17) is 9.47 Å². The van der Waals surface area contributed by atoms with Crippen LogP contribution >= 0.6 is 15.9 Å². The van der Waals surface area contributed by atoms with Crippen molar-refractivity contribution in [2.45, 2.75) is 20.5 Å². The molecule has 0 aliphatic heterocycles. The summed E-state index contributed by atoms with van der Waals surface area (Å²) in [6, 6.07) is 7.34. The lowest BCUT2D eigenvalue weighted by Crippen LogP contribution is -2.00. The van der Waals surface area contributed by atoms with Crippen LogP contribution in [-0.2, 0) is 6.61 Å². The number of benzene rings is 1. The van der Waals surface area contributed by atoms with E-state index in [-0.39, 0.29) is 6.61 Å². The predicted molar refractivity (Wildman–Crippen MR) is 80.4 cm³/mol. The third-order valence-corrected chi connectivity index (χ3v) is 3.56. The Bertz CT molecular complexity index is 629. The van der Waals surface area contributed by atoms with E-state index in [9.17, 15) is 5.11 Å². The lowest BCUT2D eigenvalue weighted by molar-refractivity contribution is 0.274. The molecule has 2 rings (SSSR count). The highest BCUT2D eigenvalue weighted by Crippen LogP contribution is 2.34. The maximum absolute atomic E-state index is 9.47. The van der Waals surface area contributed by atoms with Gasteiger partial charge in [-0.05, 0) is 59.6 Å². The number of halogens is 1. The van der Waals surface area contributed by atoms with Gasteiger partial charge in [0, 0.05) is 11.3 Å². The van der Waals surface area contributed by atoms with E-state index >= 15 is 0 Å². The number of aryl methyl sites for hydroxylation is 2. The third kappa shape index (κ3) is 3.11.